The Morgan fingerprint density at radius 3 is 2.84 bits per heavy atom. The molecular formula is C16H17NO2. The van der Waals surface area contributed by atoms with E-state index >= 15 is 0 Å². The Bertz CT molecular complexity index is 568. The number of methoxy groups -OCH3 is 1. The lowest BCUT2D eigenvalue weighted by molar-refractivity contribution is 0.334. The number of fused-ring (bicyclic) bond motifs is 1. The maximum absolute atomic E-state index is 5.68. The Balaban J connectivity index is 1.71. The second kappa shape index (κ2) is 5.22. The van der Waals surface area contributed by atoms with Gasteiger partial charge in [-0.15, -0.1) is 0 Å². The van der Waals surface area contributed by atoms with Crippen molar-refractivity contribution in [2.75, 3.05) is 25.6 Å². The van der Waals surface area contributed by atoms with Crippen LogP contribution in [-0.2, 0) is 0 Å². The molecule has 0 bridgehead atoms. The van der Waals surface area contributed by atoms with Crippen LogP contribution < -0.4 is 14.8 Å². The van der Waals surface area contributed by atoms with Crippen molar-refractivity contribution >= 4 is 5.69 Å². The number of hydrogen-bond acceptors (Lipinski definition) is 3. The van der Waals surface area contributed by atoms with Crippen molar-refractivity contribution in [2.24, 2.45) is 0 Å². The lowest BCUT2D eigenvalue weighted by Gasteiger charge is -2.14. The zero-order chi connectivity index (χ0) is 13.1. The SMILES string of the molecule is COc1ccccc1NCC1COc2ccccc21. The summed E-state index contributed by atoms with van der Waals surface area (Å²) in [5.41, 5.74) is 2.30. The van der Waals surface area contributed by atoms with E-state index < -0.39 is 0 Å². The summed E-state index contributed by atoms with van der Waals surface area (Å²) in [5.74, 6) is 2.27. The van der Waals surface area contributed by atoms with Gasteiger partial charge in [-0.05, 0) is 18.2 Å². The molecule has 1 N–H and O–H groups in total. The molecule has 1 heterocycles. The minimum atomic E-state index is 0.390. The Morgan fingerprint density at radius 2 is 1.95 bits per heavy atom. The molecule has 19 heavy (non-hydrogen) atoms. The van der Waals surface area contributed by atoms with Crippen LogP contribution in [0.1, 0.15) is 11.5 Å². The third-order valence-corrected chi connectivity index (χ3v) is 3.44. The second-order valence-corrected chi connectivity index (χ2v) is 4.63. The van der Waals surface area contributed by atoms with E-state index in [0.29, 0.717) is 5.92 Å². The van der Waals surface area contributed by atoms with Gasteiger partial charge in [0.15, 0.2) is 0 Å². The molecule has 0 radical (unpaired) electrons. The summed E-state index contributed by atoms with van der Waals surface area (Å²) >= 11 is 0. The lowest BCUT2D eigenvalue weighted by atomic mass is 10.0. The molecule has 1 atom stereocenters. The van der Waals surface area contributed by atoms with E-state index in [-0.39, 0.29) is 0 Å². The normalized spacial score (nSPS) is 16.6. The van der Waals surface area contributed by atoms with Crippen LogP contribution in [0.4, 0.5) is 5.69 Å². The average molecular weight is 255 g/mol. The smallest absolute Gasteiger partial charge is 0.141 e. The molecular weight excluding hydrogens is 238 g/mol. The van der Waals surface area contributed by atoms with Crippen LogP contribution >= 0.6 is 0 Å². The zero-order valence-corrected chi connectivity index (χ0v) is 10.9. The van der Waals surface area contributed by atoms with Crippen LogP contribution in [0.2, 0.25) is 0 Å². The molecule has 0 spiro atoms. The number of anilines is 1. The molecule has 3 nitrogen and oxygen atoms in total. The molecule has 0 aromatic heterocycles. The first-order valence-electron chi connectivity index (χ1n) is 6.47. The number of hydrogen-bond donors (Lipinski definition) is 1. The van der Waals surface area contributed by atoms with E-state index in [1.165, 1.54) is 5.56 Å². The molecule has 2 aromatic carbocycles. The van der Waals surface area contributed by atoms with Gasteiger partial charge in [-0.2, -0.15) is 0 Å². The van der Waals surface area contributed by atoms with Gasteiger partial charge in [0.2, 0.25) is 0 Å². The fourth-order valence-electron chi connectivity index (χ4n) is 2.42. The van der Waals surface area contributed by atoms with Gasteiger partial charge in [-0.3, -0.25) is 0 Å². The van der Waals surface area contributed by atoms with Gasteiger partial charge in [0.05, 0.1) is 19.4 Å². The standard InChI is InChI=1S/C16H17NO2/c1-18-16-9-5-3-7-14(16)17-10-12-11-19-15-8-4-2-6-13(12)15/h2-9,12,17H,10-11H2,1H3. The topological polar surface area (TPSA) is 30.5 Å². The summed E-state index contributed by atoms with van der Waals surface area (Å²) in [6.45, 7) is 1.58. The van der Waals surface area contributed by atoms with E-state index in [4.69, 9.17) is 9.47 Å². The zero-order valence-electron chi connectivity index (χ0n) is 10.9. The predicted octanol–water partition coefficient (Wildman–Crippen LogP) is 3.28. The van der Waals surface area contributed by atoms with E-state index in [1.807, 2.05) is 36.4 Å². The van der Waals surface area contributed by atoms with E-state index in [9.17, 15) is 0 Å². The molecule has 1 aliphatic heterocycles. The van der Waals surface area contributed by atoms with E-state index in [0.717, 1.165) is 30.3 Å². The minimum Gasteiger partial charge on any atom is -0.495 e. The maximum atomic E-state index is 5.68. The summed E-state index contributed by atoms with van der Waals surface area (Å²) in [5, 5.41) is 3.44. The fraction of sp³-hybridized carbons (Fsp3) is 0.250. The Labute approximate surface area is 113 Å². The minimum absolute atomic E-state index is 0.390. The molecule has 0 amide bonds. The van der Waals surface area contributed by atoms with Gasteiger partial charge in [-0.25, -0.2) is 0 Å². The molecule has 3 heteroatoms. The lowest BCUT2D eigenvalue weighted by Crippen LogP contribution is -2.14. The number of ether oxygens (including phenoxy) is 2. The predicted molar refractivity (Wildman–Crippen MR) is 76.2 cm³/mol. The highest BCUT2D eigenvalue weighted by molar-refractivity contribution is 5.56. The summed E-state index contributed by atoms with van der Waals surface area (Å²) in [7, 11) is 1.69. The summed E-state index contributed by atoms with van der Waals surface area (Å²) in [4.78, 5) is 0. The van der Waals surface area contributed by atoms with Crippen LogP contribution in [0.5, 0.6) is 11.5 Å². The quantitative estimate of drug-likeness (QED) is 0.909. The van der Waals surface area contributed by atoms with Crippen molar-refractivity contribution < 1.29 is 9.47 Å². The van der Waals surface area contributed by atoms with Crippen LogP contribution in [-0.4, -0.2) is 20.3 Å². The molecule has 1 unspecified atom stereocenters. The van der Waals surface area contributed by atoms with Gasteiger partial charge in [0, 0.05) is 18.0 Å². The summed E-state index contributed by atoms with van der Waals surface area (Å²) in [6.07, 6.45) is 0. The highest BCUT2D eigenvalue weighted by Gasteiger charge is 2.23. The van der Waals surface area contributed by atoms with Crippen LogP contribution in [0.25, 0.3) is 0 Å². The molecule has 0 aliphatic carbocycles. The average Bonchev–Trinajstić information content (AvgIpc) is 2.89. The summed E-state index contributed by atoms with van der Waals surface area (Å²) in [6, 6.07) is 16.2. The Kier molecular flexibility index (Phi) is 3.27. The Hall–Kier alpha value is -2.16. The van der Waals surface area contributed by atoms with Crippen molar-refractivity contribution in [1.29, 1.82) is 0 Å². The van der Waals surface area contributed by atoms with Gasteiger partial charge >= 0.3 is 0 Å². The third kappa shape index (κ3) is 2.36. The summed E-state index contributed by atoms with van der Waals surface area (Å²) < 4.78 is 11.0. The highest BCUT2D eigenvalue weighted by Crippen LogP contribution is 2.34. The van der Waals surface area contributed by atoms with E-state index in [1.54, 1.807) is 7.11 Å². The monoisotopic (exact) mass is 255 g/mol. The van der Waals surface area contributed by atoms with Crippen molar-refractivity contribution in [3.63, 3.8) is 0 Å². The molecule has 2 aromatic rings. The van der Waals surface area contributed by atoms with Crippen molar-refractivity contribution in [3.8, 4) is 11.5 Å². The number of nitrogens with one attached hydrogen (secondary N) is 1. The van der Waals surface area contributed by atoms with Crippen LogP contribution in [0.3, 0.4) is 0 Å². The van der Waals surface area contributed by atoms with E-state index in [2.05, 4.69) is 17.4 Å². The number of benzene rings is 2. The second-order valence-electron chi connectivity index (χ2n) is 4.63. The van der Waals surface area contributed by atoms with Gasteiger partial charge in [-0.1, -0.05) is 30.3 Å². The molecule has 1 aliphatic rings. The van der Waals surface area contributed by atoms with Gasteiger partial charge in [0.1, 0.15) is 11.5 Å². The van der Waals surface area contributed by atoms with Crippen molar-refractivity contribution in [3.05, 3.63) is 54.1 Å². The maximum Gasteiger partial charge on any atom is 0.141 e. The van der Waals surface area contributed by atoms with Crippen LogP contribution in [0.15, 0.2) is 48.5 Å². The molecule has 0 saturated heterocycles. The first-order valence-corrected chi connectivity index (χ1v) is 6.47. The molecule has 0 fully saturated rings. The molecule has 98 valence electrons. The molecule has 3 rings (SSSR count). The third-order valence-electron chi connectivity index (χ3n) is 3.44. The largest absolute Gasteiger partial charge is 0.495 e. The molecule has 0 saturated carbocycles. The highest BCUT2D eigenvalue weighted by atomic mass is 16.5. The van der Waals surface area contributed by atoms with Crippen molar-refractivity contribution in [2.45, 2.75) is 5.92 Å². The Morgan fingerprint density at radius 1 is 1.16 bits per heavy atom. The number of rotatable bonds is 4. The van der Waals surface area contributed by atoms with Gasteiger partial charge < -0.3 is 14.8 Å². The fourth-order valence-corrected chi connectivity index (χ4v) is 2.42. The van der Waals surface area contributed by atoms with Crippen LogP contribution in [0, 0.1) is 0 Å². The first-order chi connectivity index (χ1) is 9.38. The first kappa shape index (κ1) is 11.9. The number of para-hydroxylation sites is 3. The van der Waals surface area contributed by atoms with Gasteiger partial charge in [0.25, 0.3) is 0 Å². The van der Waals surface area contributed by atoms with Crippen molar-refractivity contribution in [1.82, 2.24) is 0 Å².